The number of rotatable bonds is 3. The van der Waals surface area contributed by atoms with Gasteiger partial charge in [0.25, 0.3) is 0 Å². The van der Waals surface area contributed by atoms with Gasteiger partial charge in [0, 0.05) is 11.1 Å². The molecule has 0 atom stereocenters. The van der Waals surface area contributed by atoms with Gasteiger partial charge in [-0.15, -0.1) is 0 Å². The lowest BCUT2D eigenvalue weighted by atomic mass is 10.0. The predicted octanol–water partition coefficient (Wildman–Crippen LogP) is 1.75. The Hall–Kier alpha value is -1.42. The van der Waals surface area contributed by atoms with Gasteiger partial charge in [0.15, 0.2) is 0 Å². The van der Waals surface area contributed by atoms with Crippen molar-refractivity contribution in [1.82, 2.24) is 0 Å². The first-order valence-electron chi connectivity index (χ1n) is 4.37. The van der Waals surface area contributed by atoms with E-state index in [1.54, 1.807) is 12.1 Å². The maximum atomic E-state index is 11.7. The highest BCUT2D eigenvalue weighted by Crippen LogP contribution is 2.13. The van der Waals surface area contributed by atoms with Gasteiger partial charge in [-0.1, -0.05) is 19.1 Å². The van der Waals surface area contributed by atoms with Gasteiger partial charge in [-0.25, -0.2) is 9.74 Å². The Kier molecular flexibility index (Phi) is 3.59. The van der Waals surface area contributed by atoms with Crippen LogP contribution < -0.4 is 5.73 Å². The van der Waals surface area contributed by atoms with E-state index >= 15 is 0 Å². The number of nitrogens with two attached hydrogens (primary N) is 1. The summed E-state index contributed by atoms with van der Waals surface area (Å²) >= 11 is 0. The second-order valence-corrected chi connectivity index (χ2v) is 2.91. The van der Waals surface area contributed by atoms with Crippen LogP contribution >= 0.6 is 0 Å². The van der Waals surface area contributed by atoms with E-state index in [9.17, 15) is 9.32 Å². The molecule has 1 aromatic carbocycles. The summed E-state index contributed by atoms with van der Waals surface area (Å²) in [5.74, 6) is -0.985. The molecule has 0 bridgehead atoms. The monoisotopic (exact) mass is 197 g/mol. The molecule has 3 nitrogen and oxygen atoms in total. The molecule has 0 radical (unpaired) electrons. The Morgan fingerprint density at radius 1 is 1.57 bits per heavy atom. The summed E-state index contributed by atoms with van der Waals surface area (Å²) in [5.41, 5.74) is 7.14. The molecule has 0 spiro atoms. The van der Waals surface area contributed by atoms with E-state index in [2.05, 4.69) is 4.94 Å². The quantitative estimate of drug-likeness (QED) is 0.803. The third kappa shape index (κ3) is 2.09. The van der Waals surface area contributed by atoms with Crippen LogP contribution in [-0.4, -0.2) is 5.97 Å². The highest BCUT2D eigenvalue weighted by molar-refractivity contribution is 5.90. The minimum Gasteiger partial charge on any atom is -0.326 e. The molecule has 0 amide bonds. The number of aryl methyl sites for hydroxylation is 1. The Labute approximate surface area is 81.6 Å². The maximum absolute atomic E-state index is 11.7. The van der Waals surface area contributed by atoms with Crippen LogP contribution in [0.25, 0.3) is 0 Å². The van der Waals surface area contributed by atoms with Crippen molar-refractivity contribution in [1.29, 1.82) is 0 Å². The van der Waals surface area contributed by atoms with Gasteiger partial charge in [0.1, 0.15) is 0 Å². The van der Waals surface area contributed by atoms with Crippen molar-refractivity contribution >= 4 is 5.97 Å². The summed E-state index contributed by atoms with van der Waals surface area (Å²) in [4.78, 5) is 14.2. The minimum atomic E-state index is -0.985. The van der Waals surface area contributed by atoms with Gasteiger partial charge in [0.2, 0.25) is 0 Å². The van der Waals surface area contributed by atoms with E-state index in [1.165, 1.54) is 0 Å². The molecule has 14 heavy (non-hydrogen) atoms. The van der Waals surface area contributed by atoms with E-state index in [4.69, 9.17) is 5.73 Å². The van der Waals surface area contributed by atoms with E-state index in [-0.39, 0.29) is 12.1 Å². The summed E-state index contributed by atoms with van der Waals surface area (Å²) in [6.45, 7) is 2.14. The van der Waals surface area contributed by atoms with Gasteiger partial charge in [-0.3, -0.25) is 0 Å². The summed E-state index contributed by atoms with van der Waals surface area (Å²) in [7, 11) is 0. The largest absolute Gasteiger partial charge is 0.379 e. The lowest BCUT2D eigenvalue weighted by Crippen LogP contribution is -2.08. The van der Waals surface area contributed by atoms with Gasteiger partial charge in [-0.2, -0.15) is 0 Å². The standard InChI is InChI=1S/C10H12FNO2/c1-2-7-3-4-8(6-12)9(5-7)10(13)14-11/h3-5H,2,6,12H2,1H3. The smallest absolute Gasteiger partial charge is 0.326 e. The van der Waals surface area contributed by atoms with E-state index < -0.39 is 5.97 Å². The Balaban J connectivity index is 3.14. The molecule has 0 fully saturated rings. The van der Waals surface area contributed by atoms with Crippen molar-refractivity contribution in [2.45, 2.75) is 19.9 Å². The van der Waals surface area contributed by atoms with Crippen molar-refractivity contribution in [2.75, 3.05) is 0 Å². The molecule has 0 unspecified atom stereocenters. The molecule has 2 N–H and O–H groups in total. The number of benzene rings is 1. The van der Waals surface area contributed by atoms with Crippen LogP contribution in [0.3, 0.4) is 0 Å². The minimum absolute atomic E-state index is 0.189. The average Bonchev–Trinajstić information content (AvgIpc) is 2.27. The molecule has 0 heterocycles. The molecule has 0 saturated carbocycles. The van der Waals surface area contributed by atoms with Crippen molar-refractivity contribution in [3.63, 3.8) is 0 Å². The third-order valence-electron chi connectivity index (χ3n) is 2.09. The number of hydrogen-bond donors (Lipinski definition) is 1. The molecule has 1 rings (SSSR count). The fraction of sp³-hybridized carbons (Fsp3) is 0.300. The first-order chi connectivity index (χ1) is 6.72. The first kappa shape index (κ1) is 10.7. The second-order valence-electron chi connectivity index (χ2n) is 2.91. The highest BCUT2D eigenvalue weighted by atomic mass is 19.3. The zero-order valence-corrected chi connectivity index (χ0v) is 7.92. The molecule has 0 aliphatic carbocycles. The normalized spacial score (nSPS) is 9.93. The Morgan fingerprint density at radius 2 is 2.29 bits per heavy atom. The lowest BCUT2D eigenvalue weighted by molar-refractivity contribution is -0.0789. The fourth-order valence-corrected chi connectivity index (χ4v) is 1.25. The molecule has 76 valence electrons. The van der Waals surface area contributed by atoms with Crippen LogP contribution in [0.15, 0.2) is 18.2 Å². The molecule has 0 aromatic heterocycles. The van der Waals surface area contributed by atoms with E-state index in [0.717, 1.165) is 12.0 Å². The van der Waals surface area contributed by atoms with Crippen molar-refractivity contribution in [2.24, 2.45) is 5.73 Å². The number of carbonyl (C=O) groups is 1. The molecule has 0 aliphatic rings. The zero-order valence-electron chi connectivity index (χ0n) is 7.92. The second kappa shape index (κ2) is 4.72. The Morgan fingerprint density at radius 3 is 2.79 bits per heavy atom. The summed E-state index contributed by atoms with van der Waals surface area (Å²) in [5, 5.41) is 0. The summed E-state index contributed by atoms with van der Waals surface area (Å²) in [6, 6.07) is 5.17. The van der Waals surface area contributed by atoms with E-state index in [1.807, 2.05) is 13.0 Å². The predicted molar refractivity (Wildman–Crippen MR) is 50.2 cm³/mol. The van der Waals surface area contributed by atoms with Gasteiger partial charge in [-0.05, 0) is 23.6 Å². The zero-order chi connectivity index (χ0) is 10.6. The van der Waals surface area contributed by atoms with Crippen LogP contribution in [0, 0.1) is 0 Å². The van der Waals surface area contributed by atoms with Crippen molar-refractivity contribution < 1.29 is 14.3 Å². The van der Waals surface area contributed by atoms with Crippen molar-refractivity contribution in [3.8, 4) is 0 Å². The summed E-state index contributed by atoms with van der Waals surface area (Å²) < 4.78 is 11.7. The lowest BCUT2D eigenvalue weighted by Gasteiger charge is -2.05. The third-order valence-corrected chi connectivity index (χ3v) is 2.09. The van der Waals surface area contributed by atoms with Crippen LogP contribution in [-0.2, 0) is 17.9 Å². The van der Waals surface area contributed by atoms with Gasteiger partial charge < -0.3 is 5.73 Å². The number of hydrogen-bond acceptors (Lipinski definition) is 3. The topological polar surface area (TPSA) is 52.3 Å². The molecule has 0 saturated heterocycles. The first-order valence-corrected chi connectivity index (χ1v) is 4.37. The van der Waals surface area contributed by atoms with Gasteiger partial charge >= 0.3 is 5.97 Å². The van der Waals surface area contributed by atoms with E-state index in [0.29, 0.717) is 5.56 Å². The molecular formula is C10H12FNO2. The van der Waals surface area contributed by atoms with Crippen LogP contribution in [0.5, 0.6) is 0 Å². The molecule has 1 aromatic rings. The molecule has 0 aliphatic heterocycles. The van der Waals surface area contributed by atoms with Crippen molar-refractivity contribution in [3.05, 3.63) is 34.9 Å². The molecular weight excluding hydrogens is 185 g/mol. The SMILES string of the molecule is CCc1ccc(CN)c(C(=O)OF)c1. The average molecular weight is 197 g/mol. The Bertz CT molecular complexity index is 339. The van der Waals surface area contributed by atoms with Gasteiger partial charge in [0.05, 0.1) is 5.56 Å². The van der Waals surface area contributed by atoms with Crippen LogP contribution in [0.4, 0.5) is 4.53 Å². The summed E-state index contributed by atoms with van der Waals surface area (Å²) in [6.07, 6.45) is 0.775. The maximum Gasteiger partial charge on any atom is 0.379 e. The number of halogens is 1. The van der Waals surface area contributed by atoms with Crippen LogP contribution in [0.1, 0.15) is 28.4 Å². The highest BCUT2D eigenvalue weighted by Gasteiger charge is 2.13. The number of carbonyl (C=O) groups excluding carboxylic acids is 1. The fourth-order valence-electron chi connectivity index (χ4n) is 1.25. The van der Waals surface area contributed by atoms with Crippen LogP contribution in [0.2, 0.25) is 0 Å². The molecule has 4 heteroatoms.